The van der Waals surface area contributed by atoms with Crippen LogP contribution in [-0.4, -0.2) is 48.1 Å². The maximum atomic E-state index is 12.2. The molecule has 6 nitrogen and oxygen atoms in total. The number of nitrogens with zero attached hydrogens (tertiary/aromatic N) is 2. The summed E-state index contributed by atoms with van der Waals surface area (Å²) in [5.74, 6) is -0.152. The third-order valence-electron chi connectivity index (χ3n) is 3.91. The summed E-state index contributed by atoms with van der Waals surface area (Å²) in [7, 11) is 1.96. The van der Waals surface area contributed by atoms with Crippen molar-refractivity contribution in [1.82, 2.24) is 15.6 Å². The molecule has 0 unspecified atom stereocenters. The van der Waals surface area contributed by atoms with Gasteiger partial charge in [-0.3, -0.25) is 9.59 Å². The van der Waals surface area contributed by atoms with Gasteiger partial charge in [-0.1, -0.05) is 0 Å². The Balaban J connectivity index is 1.94. The van der Waals surface area contributed by atoms with Crippen LogP contribution in [0.1, 0.15) is 32.6 Å². The predicted molar refractivity (Wildman–Crippen MR) is 68.1 cm³/mol. The maximum Gasteiger partial charge on any atom is 0.270 e. The van der Waals surface area contributed by atoms with Gasteiger partial charge in [0.2, 0.25) is 5.91 Å². The van der Waals surface area contributed by atoms with Crippen molar-refractivity contribution in [2.45, 2.75) is 38.1 Å². The number of hydrazone groups is 1. The van der Waals surface area contributed by atoms with Gasteiger partial charge in [0.05, 0.1) is 0 Å². The molecule has 2 aliphatic heterocycles. The fraction of sp³-hybridized carbons (Fsp3) is 0.750. The van der Waals surface area contributed by atoms with E-state index in [1.807, 2.05) is 11.9 Å². The van der Waals surface area contributed by atoms with Gasteiger partial charge in [-0.25, -0.2) is 5.43 Å². The molecule has 0 atom stereocenters. The van der Waals surface area contributed by atoms with Crippen molar-refractivity contribution in [2.24, 2.45) is 5.10 Å². The number of piperidine rings is 1. The smallest absolute Gasteiger partial charge is 0.270 e. The molecular formula is C12H20N4O2. The molecule has 0 aliphatic carbocycles. The SMILES string of the molecule is CNC1(C)CCN(C(=O)C2=NNC(=O)CC2)CC1. The van der Waals surface area contributed by atoms with Gasteiger partial charge in [-0.05, 0) is 26.8 Å². The zero-order chi connectivity index (χ0) is 13.2. The Labute approximate surface area is 107 Å². The first-order chi connectivity index (χ1) is 8.54. The minimum atomic E-state index is -0.118. The third-order valence-corrected chi connectivity index (χ3v) is 3.91. The first kappa shape index (κ1) is 13.0. The second-order valence-corrected chi connectivity index (χ2v) is 5.20. The number of rotatable bonds is 2. The van der Waals surface area contributed by atoms with Crippen LogP contribution in [0.4, 0.5) is 0 Å². The summed E-state index contributed by atoms with van der Waals surface area (Å²) in [6.07, 6.45) is 2.68. The number of carbonyl (C=O) groups is 2. The van der Waals surface area contributed by atoms with E-state index < -0.39 is 0 Å². The molecule has 0 aromatic heterocycles. The molecule has 2 aliphatic rings. The third kappa shape index (κ3) is 2.69. The summed E-state index contributed by atoms with van der Waals surface area (Å²) in [6.45, 7) is 3.65. The van der Waals surface area contributed by atoms with Crippen molar-refractivity contribution in [3.8, 4) is 0 Å². The van der Waals surface area contributed by atoms with Gasteiger partial charge in [0.25, 0.3) is 5.91 Å². The first-order valence-electron chi connectivity index (χ1n) is 6.38. The van der Waals surface area contributed by atoms with Crippen LogP contribution in [0.25, 0.3) is 0 Å². The Morgan fingerprint density at radius 1 is 1.39 bits per heavy atom. The summed E-state index contributed by atoms with van der Waals surface area (Å²) in [6, 6.07) is 0. The van der Waals surface area contributed by atoms with E-state index in [4.69, 9.17) is 0 Å². The van der Waals surface area contributed by atoms with Crippen molar-refractivity contribution in [3.05, 3.63) is 0 Å². The molecule has 1 fully saturated rings. The Morgan fingerprint density at radius 3 is 2.56 bits per heavy atom. The van der Waals surface area contributed by atoms with E-state index in [2.05, 4.69) is 22.8 Å². The fourth-order valence-corrected chi connectivity index (χ4v) is 2.26. The number of likely N-dealkylation sites (tertiary alicyclic amines) is 1. The zero-order valence-corrected chi connectivity index (χ0v) is 11.0. The summed E-state index contributed by atoms with van der Waals surface area (Å²) in [5, 5.41) is 7.15. The van der Waals surface area contributed by atoms with Crippen molar-refractivity contribution in [2.75, 3.05) is 20.1 Å². The summed E-state index contributed by atoms with van der Waals surface area (Å²) in [5.41, 5.74) is 2.97. The number of hydrogen-bond acceptors (Lipinski definition) is 4. The standard InChI is InChI=1S/C12H20N4O2/c1-12(13-2)5-7-16(8-6-12)11(18)9-3-4-10(17)15-14-9/h13H,3-8H2,1-2H3,(H,15,17). The molecule has 6 heteroatoms. The summed E-state index contributed by atoms with van der Waals surface area (Å²) >= 11 is 0. The molecule has 0 saturated carbocycles. The largest absolute Gasteiger partial charge is 0.337 e. The van der Waals surface area contributed by atoms with Crippen LogP contribution in [0.5, 0.6) is 0 Å². The van der Waals surface area contributed by atoms with Gasteiger partial charge in [0, 0.05) is 31.5 Å². The van der Waals surface area contributed by atoms with Gasteiger partial charge >= 0.3 is 0 Å². The van der Waals surface area contributed by atoms with Gasteiger partial charge in [0.1, 0.15) is 5.71 Å². The quantitative estimate of drug-likeness (QED) is 0.718. The fourth-order valence-electron chi connectivity index (χ4n) is 2.26. The van der Waals surface area contributed by atoms with Gasteiger partial charge in [-0.2, -0.15) is 5.10 Å². The zero-order valence-electron chi connectivity index (χ0n) is 11.0. The van der Waals surface area contributed by atoms with E-state index in [-0.39, 0.29) is 17.4 Å². The minimum Gasteiger partial charge on any atom is -0.337 e. The van der Waals surface area contributed by atoms with E-state index in [1.165, 1.54) is 0 Å². The van der Waals surface area contributed by atoms with Crippen LogP contribution in [0.3, 0.4) is 0 Å². The van der Waals surface area contributed by atoms with Crippen molar-refractivity contribution < 1.29 is 9.59 Å². The Hall–Kier alpha value is -1.43. The highest BCUT2D eigenvalue weighted by atomic mass is 16.2. The predicted octanol–water partition coefficient (Wildman–Crippen LogP) is -0.147. The van der Waals surface area contributed by atoms with Crippen LogP contribution in [0, 0.1) is 0 Å². The number of hydrogen-bond donors (Lipinski definition) is 2. The summed E-state index contributed by atoms with van der Waals surface area (Å²) in [4.78, 5) is 25.0. The van der Waals surface area contributed by atoms with E-state index >= 15 is 0 Å². The lowest BCUT2D eigenvalue weighted by Crippen LogP contribution is -2.53. The maximum absolute atomic E-state index is 12.2. The molecule has 18 heavy (non-hydrogen) atoms. The lowest BCUT2D eigenvalue weighted by Gasteiger charge is -2.39. The number of nitrogens with one attached hydrogen (secondary N) is 2. The molecule has 2 heterocycles. The van der Waals surface area contributed by atoms with Gasteiger partial charge < -0.3 is 10.2 Å². The highest BCUT2D eigenvalue weighted by Crippen LogP contribution is 2.21. The molecule has 0 aromatic carbocycles. The Kier molecular flexibility index (Phi) is 3.65. The highest BCUT2D eigenvalue weighted by molar-refractivity contribution is 6.39. The molecule has 0 aromatic rings. The van der Waals surface area contributed by atoms with E-state index in [0.717, 1.165) is 25.9 Å². The average Bonchev–Trinajstić information content (AvgIpc) is 2.40. The lowest BCUT2D eigenvalue weighted by molar-refractivity contribution is -0.126. The monoisotopic (exact) mass is 252 g/mol. The lowest BCUT2D eigenvalue weighted by atomic mass is 9.89. The molecule has 100 valence electrons. The van der Waals surface area contributed by atoms with Gasteiger partial charge in [0.15, 0.2) is 0 Å². The van der Waals surface area contributed by atoms with Crippen LogP contribution in [0.2, 0.25) is 0 Å². The minimum absolute atomic E-state index is 0.0341. The number of amides is 2. The van der Waals surface area contributed by atoms with Crippen LogP contribution in [0.15, 0.2) is 5.10 Å². The topological polar surface area (TPSA) is 73.8 Å². The molecule has 2 rings (SSSR count). The molecule has 1 saturated heterocycles. The van der Waals surface area contributed by atoms with Crippen molar-refractivity contribution in [3.63, 3.8) is 0 Å². The van der Waals surface area contributed by atoms with E-state index in [9.17, 15) is 9.59 Å². The molecule has 0 radical (unpaired) electrons. The van der Waals surface area contributed by atoms with Crippen LogP contribution < -0.4 is 10.7 Å². The molecule has 2 N–H and O–H groups in total. The first-order valence-corrected chi connectivity index (χ1v) is 6.38. The molecular weight excluding hydrogens is 232 g/mol. The van der Waals surface area contributed by atoms with Crippen molar-refractivity contribution >= 4 is 17.5 Å². The number of carbonyl (C=O) groups excluding carboxylic acids is 2. The van der Waals surface area contributed by atoms with Crippen molar-refractivity contribution in [1.29, 1.82) is 0 Å². The van der Waals surface area contributed by atoms with E-state index in [1.54, 1.807) is 0 Å². The van der Waals surface area contributed by atoms with Gasteiger partial charge in [-0.15, -0.1) is 0 Å². The average molecular weight is 252 g/mol. The van der Waals surface area contributed by atoms with Crippen LogP contribution in [-0.2, 0) is 9.59 Å². The summed E-state index contributed by atoms with van der Waals surface area (Å²) < 4.78 is 0. The molecule has 2 amide bonds. The Morgan fingerprint density at radius 2 is 2.06 bits per heavy atom. The normalized spacial score (nSPS) is 23.3. The molecule has 0 spiro atoms. The second-order valence-electron chi connectivity index (χ2n) is 5.20. The molecule has 0 bridgehead atoms. The van der Waals surface area contributed by atoms with E-state index in [0.29, 0.717) is 18.6 Å². The highest BCUT2D eigenvalue weighted by Gasteiger charge is 2.32. The van der Waals surface area contributed by atoms with Crippen LogP contribution >= 0.6 is 0 Å². The second kappa shape index (κ2) is 5.06. The Bertz CT molecular complexity index is 384.